The van der Waals surface area contributed by atoms with E-state index in [9.17, 15) is 83.1 Å². The summed E-state index contributed by atoms with van der Waals surface area (Å²) in [4.78, 5) is 0. The van der Waals surface area contributed by atoms with Gasteiger partial charge in [-0.3, -0.25) is 4.55 Å². The normalized spacial score (nSPS) is 16.3. The van der Waals surface area contributed by atoms with E-state index in [0.717, 1.165) is 0 Å². The van der Waals surface area contributed by atoms with Gasteiger partial charge in [-0.1, -0.05) is 37.6 Å². The summed E-state index contributed by atoms with van der Waals surface area (Å²) >= 11 is 0. The van der Waals surface area contributed by atoms with Crippen molar-refractivity contribution in [3.63, 3.8) is 0 Å². The first-order chi connectivity index (χ1) is 17.4. The van der Waals surface area contributed by atoms with E-state index in [2.05, 4.69) is 4.18 Å². The van der Waals surface area contributed by atoms with Crippen LogP contribution in [-0.2, 0) is 20.5 Å². The largest absolute Gasteiger partial charge is 0.460 e. The average Bonchev–Trinajstić information content (AvgIpc) is 2.76. The van der Waals surface area contributed by atoms with Crippen molar-refractivity contribution in [3.05, 3.63) is 35.4 Å². The van der Waals surface area contributed by atoms with Gasteiger partial charge in [0.1, 0.15) is 6.10 Å². The summed E-state index contributed by atoms with van der Waals surface area (Å²) in [5.74, 6) is -57.4. The van der Waals surface area contributed by atoms with Gasteiger partial charge in [0.15, 0.2) is 0 Å². The highest BCUT2D eigenvalue weighted by Crippen LogP contribution is 2.65. The first-order valence-corrected chi connectivity index (χ1v) is 11.2. The number of rotatable bonds is 12. The lowest BCUT2D eigenvalue weighted by molar-refractivity contribution is -0.462. The van der Waals surface area contributed by atoms with Crippen LogP contribution in [0.1, 0.15) is 37.0 Å². The molecule has 1 atom stereocenters. The van der Waals surface area contributed by atoms with Gasteiger partial charge in [-0.05, 0) is 12.0 Å². The van der Waals surface area contributed by atoms with Gasteiger partial charge < -0.3 is 0 Å². The fourth-order valence-electron chi connectivity index (χ4n) is 2.93. The van der Waals surface area contributed by atoms with Gasteiger partial charge >= 0.3 is 58.0 Å². The summed E-state index contributed by atoms with van der Waals surface area (Å²) in [7, 11) is -5.24. The third-order valence-electron chi connectivity index (χ3n) is 5.16. The van der Waals surface area contributed by atoms with E-state index in [1.54, 1.807) is 0 Å². The molecule has 0 aromatic heterocycles. The molecule has 0 bridgehead atoms. The fourth-order valence-corrected chi connectivity index (χ4v) is 3.43. The standard InChI is InChI=1S/C18H13F17O4S/c1-2-3-10(39-40(36,37)38)8-4-6-9(7-5-8)11(19,20)12(21,22)13(23,24)14(25,26)15(27,28)16(29,30)17(31,32)18(33,34)35/h4-7,10H,2-3H2,1H3,(H,36,37,38). The van der Waals surface area contributed by atoms with Gasteiger partial charge in [0.25, 0.3) is 0 Å². The summed E-state index contributed by atoms with van der Waals surface area (Å²) in [5.41, 5.74) is -3.03. The molecule has 1 aromatic carbocycles. The summed E-state index contributed by atoms with van der Waals surface area (Å²) in [6.07, 6.45) is -9.90. The van der Waals surface area contributed by atoms with Crippen LogP contribution in [-0.4, -0.2) is 54.7 Å². The number of hydrogen-bond acceptors (Lipinski definition) is 3. The van der Waals surface area contributed by atoms with E-state index in [4.69, 9.17) is 4.55 Å². The van der Waals surface area contributed by atoms with Crippen molar-refractivity contribution in [2.45, 2.75) is 73.5 Å². The molecular weight excluding hydrogens is 635 g/mol. The molecule has 0 aliphatic heterocycles. The molecule has 0 aliphatic carbocycles. The molecule has 1 unspecified atom stereocenters. The van der Waals surface area contributed by atoms with E-state index in [1.165, 1.54) is 6.92 Å². The van der Waals surface area contributed by atoms with Gasteiger partial charge in [-0.2, -0.15) is 83.1 Å². The molecular formula is C18H13F17O4S. The Hall–Kier alpha value is -2.10. The van der Waals surface area contributed by atoms with Crippen molar-refractivity contribution in [1.29, 1.82) is 0 Å². The first kappa shape index (κ1) is 35.9. The molecule has 4 nitrogen and oxygen atoms in total. The van der Waals surface area contributed by atoms with Gasteiger partial charge in [-0.15, -0.1) is 0 Å². The molecule has 1 N–H and O–H groups in total. The van der Waals surface area contributed by atoms with Gasteiger partial charge in [-0.25, -0.2) is 4.18 Å². The van der Waals surface area contributed by atoms with Crippen LogP contribution >= 0.6 is 0 Å². The maximum absolute atomic E-state index is 14.3. The summed E-state index contributed by atoms with van der Waals surface area (Å²) < 4.78 is 262. The fraction of sp³-hybridized carbons (Fsp3) is 0.667. The SMILES string of the molecule is CCCC(OS(=O)(=O)O)c1ccc(C(F)(F)C(F)(F)C(F)(F)C(F)(F)C(F)(F)C(F)(F)C(F)(F)C(F)(F)F)cc1. The van der Waals surface area contributed by atoms with Crippen LogP contribution in [0.2, 0.25) is 0 Å². The predicted octanol–water partition coefficient (Wildman–Crippen LogP) is 7.81. The predicted molar refractivity (Wildman–Crippen MR) is 96.4 cm³/mol. The second-order valence-electron chi connectivity index (χ2n) is 7.94. The molecule has 1 rings (SSSR count). The molecule has 40 heavy (non-hydrogen) atoms. The average molecular weight is 648 g/mol. The van der Waals surface area contributed by atoms with E-state index >= 15 is 0 Å². The second-order valence-corrected chi connectivity index (χ2v) is 8.99. The maximum atomic E-state index is 14.3. The Morgan fingerprint density at radius 2 is 1.00 bits per heavy atom. The van der Waals surface area contributed by atoms with Crippen molar-refractivity contribution < 1.29 is 91.8 Å². The Balaban J connectivity index is 3.64. The minimum Gasteiger partial charge on any atom is -0.264 e. The first-order valence-electron chi connectivity index (χ1n) is 9.86. The molecule has 234 valence electrons. The van der Waals surface area contributed by atoms with E-state index in [0.29, 0.717) is 0 Å². The van der Waals surface area contributed by atoms with Gasteiger partial charge in [0.05, 0.1) is 0 Å². The van der Waals surface area contributed by atoms with Crippen LogP contribution in [0.3, 0.4) is 0 Å². The van der Waals surface area contributed by atoms with Crippen LogP contribution in [0.25, 0.3) is 0 Å². The lowest BCUT2D eigenvalue weighted by atomic mass is 9.87. The topological polar surface area (TPSA) is 63.6 Å². The van der Waals surface area contributed by atoms with Gasteiger partial charge in [0, 0.05) is 5.56 Å². The van der Waals surface area contributed by atoms with Crippen molar-refractivity contribution in [2.24, 2.45) is 0 Å². The molecule has 0 aliphatic rings. The minimum absolute atomic E-state index is 0.0315. The Labute approximate surface area is 212 Å². The minimum atomic E-state index is -8.73. The molecule has 22 heteroatoms. The molecule has 0 spiro atoms. The Kier molecular flexibility index (Phi) is 9.26. The highest BCUT2D eigenvalue weighted by Gasteiger charge is 2.95. The zero-order chi connectivity index (χ0) is 32.2. The number of halogens is 17. The molecule has 0 saturated carbocycles. The van der Waals surface area contributed by atoms with Crippen molar-refractivity contribution in [3.8, 4) is 0 Å². The zero-order valence-electron chi connectivity index (χ0n) is 18.8. The second kappa shape index (κ2) is 10.3. The molecule has 0 fully saturated rings. The molecule has 1 aromatic rings. The van der Waals surface area contributed by atoms with Gasteiger partial charge in [0.2, 0.25) is 0 Å². The third kappa shape index (κ3) is 5.53. The van der Waals surface area contributed by atoms with Crippen LogP contribution < -0.4 is 0 Å². The summed E-state index contributed by atoms with van der Waals surface area (Å²) in [6.45, 7) is 1.37. The Bertz CT molecular complexity index is 1140. The van der Waals surface area contributed by atoms with Crippen LogP contribution in [0.4, 0.5) is 74.6 Å². The zero-order valence-corrected chi connectivity index (χ0v) is 19.6. The van der Waals surface area contributed by atoms with Crippen molar-refractivity contribution >= 4 is 10.4 Å². The number of alkyl halides is 17. The molecule has 0 saturated heterocycles. The number of hydrogen-bond donors (Lipinski definition) is 1. The molecule has 0 amide bonds. The highest BCUT2D eigenvalue weighted by atomic mass is 32.3. The highest BCUT2D eigenvalue weighted by molar-refractivity contribution is 7.80. The number of benzene rings is 1. The summed E-state index contributed by atoms with van der Waals surface area (Å²) in [6, 6.07) is -0.183. The monoisotopic (exact) mass is 648 g/mol. The quantitative estimate of drug-likeness (QED) is 0.186. The maximum Gasteiger partial charge on any atom is 0.460 e. The Morgan fingerprint density at radius 1 is 0.650 bits per heavy atom. The smallest absolute Gasteiger partial charge is 0.264 e. The Morgan fingerprint density at radius 3 is 1.32 bits per heavy atom. The molecule has 0 radical (unpaired) electrons. The van der Waals surface area contributed by atoms with Crippen LogP contribution in [0, 0.1) is 0 Å². The van der Waals surface area contributed by atoms with Crippen molar-refractivity contribution in [2.75, 3.05) is 0 Å². The lowest BCUT2D eigenvalue weighted by Crippen LogP contribution is -2.74. The van der Waals surface area contributed by atoms with E-state index < -0.39 is 75.3 Å². The van der Waals surface area contributed by atoms with Crippen LogP contribution in [0.15, 0.2) is 24.3 Å². The van der Waals surface area contributed by atoms with E-state index in [1.807, 2.05) is 0 Å². The van der Waals surface area contributed by atoms with E-state index in [-0.39, 0.29) is 37.1 Å². The lowest BCUT2D eigenvalue weighted by Gasteiger charge is -2.42. The van der Waals surface area contributed by atoms with Crippen molar-refractivity contribution in [1.82, 2.24) is 0 Å². The third-order valence-corrected chi connectivity index (χ3v) is 5.63. The summed E-state index contributed by atoms with van der Waals surface area (Å²) in [5, 5.41) is 0. The molecule has 0 heterocycles. The van der Waals surface area contributed by atoms with Crippen LogP contribution in [0.5, 0.6) is 0 Å².